The van der Waals surface area contributed by atoms with Gasteiger partial charge in [-0.05, 0) is 37.7 Å². The highest BCUT2D eigenvalue weighted by molar-refractivity contribution is 5.76. The summed E-state index contributed by atoms with van der Waals surface area (Å²) in [6.07, 6.45) is 4.05. The standard InChI is InChI=1S/C20H26N4O2/c1-15-21-20(26-22-15)18-14-24(19(25)12-16-8-9-16)11-5-10-23(18)13-17-6-3-2-4-7-17/h2-4,6-7,16,18H,5,8-14H2,1H3. The molecule has 1 aliphatic carbocycles. The van der Waals surface area contributed by atoms with Gasteiger partial charge in [-0.3, -0.25) is 9.69 Å². The number of hydrogen-bond acceptors (Lipinski definition) is 5. The zero-order valence-electron chi connectivity index (χ0n) is 15.3. The van der Waals surface area contributed by atoms with Crippen molar-refractivity contribution in [1.29, 1.82) is 0 Å². The van der Waals surface area contributed by atoms with Crippen LogP contribution in [0.1, 0.15) is 49.0 Å². The van der Waals surface area contributed by atoms with Crippen molar-refractivity contribution >= 4 is 5.91 Å². The first-order valence-electron chi connectivity index (χ1n) is 9.55. The van der Waals surface area contributed by atoms with Gasteiger partial charge in [0.25, 0.3) is 0 Å². The van der Waals surface area contributed by atoms with E-state index in [-0.39, 0.29) is 11.9 Å². The number of rotatable bonds is 5. The van der Waals surface area contributed by atoms with E-state index in [2.05, 4.69) is 39.3 Å². The van der Waals surface area contributed by atoms with E-state index < -0.39 is 0 Å². The lowest BCUT2D eigenvalue weighted by atomic mass is 10.1. The van der Waals surface area contributed by atoms with Gasteiger partial charge in [0, 0.05) is 32.6 Å². The summed E-state index contributed by atoms with van der Waals surface area (Å²) in [5.74, 6) is 2.13. The fraction of sp³-hybridized carbons (Fsp3) is 0.550. The van der Waals surface area contributed by atoms with Crippen molar-refractivity contribution in [2.24, 2.45) is 5.92 Å². The van der Waals surface area contributed by atoms with Gasteiger partial charge in [0.1, 0.15) is 6.04 Å². The molecule has 1 unspecified atom stereocenters. The molecule has 6 heteroatoms. The molecule has 0 spiro atoms. The summed E-state index contributed by atoms with van der Waals surface area (Å²) in [5, 5.41) is 3.98. The van der Waals surface area contributed by atoms with Crippen LogP contribution < -0.4 is 0 Å². The van der Waals surface area contributed by atoms with Crippen LogP contribution in [0.25, 0.3) is 0 Å². The van der Waals surface area contributed by atoms with Crippen molar-refractivity contribution < 1.29 is 9.32 Å². The topological polar surface area (TPSA) is 62.5 Å². The number of carbonyl (C=O) groups is 1. The van der Waals surface area contributed by atoms with Crippen LogP contribution in [0, 0.1) is 12.8 Å². The minimum absolute atomic E-state index is 0.0536. The van der Waals surface area contributed by atoms with E-state index in [9.17, 15) is 4.79 Å². The molecule has 1 aromatic carbocycles. The Morgan fingerprint density at radius 3 is 2.73 bits per heavy atom. The summed E-state index contributed by atoms with van der Waals surface area (Å²) in [7, 11) is 0. The predicted molar refractivity (Wildman–Crippen MR) is 97.2 cm³/mol. The molecule has 1 saturated carbocycles. The maximum absolute atomic E-state index is 12.7. The van der Waals surface area contributed by atoms with Gasteiger partial charge in [0.05, 0.1) is 0 Å². The van der Waals surface area contributed by atoms with Gasteiger partial charge in [-0.1, -0.05) is 35.5 Å². The SMILES string of the molecule is Cc1noc(C2CN(C(=O)CC3CC3)CCCN2Cc2ccccc2)n1. The average Bonchev–Trinajstić information content (AvgIpc) is 3.39. The monoisotopic (exact) mass is 354 g/mol. The molecule has 2 heterocycles. The quantitative estimate of drug-likeness (QED) is 0.826. The predicted octanol–water partition coefficient (Wildman–Crippen LogP) is 2.95. The molecule has 2 aliphatic rings. The van der Waals surface area contributed by atoms with Crippen LogP contribution in [0.3, 0.4) is 0 Å². The summed E-state index contributed by atoms with van der Waals surface area (Å²) in [6, 6.07) is 10.4. The van der Waals surface area contributed by atoms with Crippen LogP contribution in [0.15, 0.2) is 34.9 Å². The van der Waals surface area contributed by atoms with Gasteiger partial charge in [0.2, 0.25) is 11.8 Å². The minimum Gasteiger partial charge on any atom is -0.341 e. The van der Waals surface area contributed by atoms with Gasteiger partial charge in [-0.25, -0.2) is 0 Å². The Bertz CT molecular complexity index is 741. The van der Waals surface area contributed by atoms with Crippen molar-refractivity contribution in [3.8, 4) is 0 Å². The maximum Gasteiger partial charge on any atom is 0.245 e. The average molecular weight is 354 g/mol. The summed E-state index contributed by atoms with van der Waals surface area (Å²) < 4.78 is 5.51. The van der Waals surface area contributed by atoms with Crippen LogP contribution in [-0.2, 0) is 11.3 Å². The lowest BCUT2D eigenvalue weighted by Gasteiger charge is -2.29. The first-order valence-corrected chi connectivity index (χ1v) is 9.55. The molecule has 1 amide bonds. The number of nitrogens with zero attached hydrogens (tertiary/aromatic N) is 4. The molecule has 0 N–H and O–H groups in total. The minimum atomic E-state index is -0.0536. The number of benzene rings is 1. The Morgan fingerprint density at radius 1 is 1.23 bits per heavy atom. The smallest absolute Gasteiger partial charge is 0.245 e. The van der Waals surface area contributed by atoms with Crippen LogP contribution in [0.4, 0.5) is 0 Å². The Hall–Kier alpha value is -2.21. The number of aryl methyl sites for hydroxylation is 1. The second kappa shape index (κ2) is 7.58. The van der Waals surface area contributed by atoms with Crippen LogP contribution in [0.2, 0.25) is 0 Å². The summed E-state index contributed by atoms with van der Waals surface area (Å²) in [5.41, 5.74) is 1.26. The van der Waals surface area contributed by atoms with E-state index in [0.717, 1.165) is 26.1 Å². The second-order valence-corrected chi connectivity index (χ2v) is 7.49. The fourth-order valence-electron chi connectivity index (χ4n) is 3.65. The van der Waals surface area contributed by atoms with E-state index in [1.54, 1.807) is 0 Å². The number of aromatic nitrogens is 2. The van der Waals surface area contributed by atoms with Gasteiger partial charge in [0.15, 0.2) is 5.82 Å². The zero-order chi connectivity index (χ0) is 17.9. The molecule has 6 nitrogen and oxygen atoms in total. The van der Waals surface area contributed by atoms with E-state index in [1.165, 1.54) is 18.4 Å². The highest BCUT2D eigenvalue weighted by Gasteiger charge is 2.34. The molecular weight excluding hydrogens is 328 g/mol. The van der Waals surface area contributed by atoms with Crippen molar-refractivity contribution in [3.63, 3.8) is 0 Å². The molecule has 138 valence electrons. The normalized spacial score (nSPS) is 21.6. The van der Waals surface area contributed by atoms with Crippen molar-refractivity contribution in [1.82, 2.24) is 19.9 Å². The first-order chi connectivity index (χ1) is 12.7. The third-order valence-electron chi connectivity index (χ3n) is 5.28. The Labute approximate surface area is 154 Å². The Morgan fingerprint density at radius 2 is 2.04 bits per heavy atom. The molecule has 1 atom stereocenters. The van der Waals surface area contributed by atoms with Crippen LogP contribution in [-0.4, -0.2) is 45.5 Å². The molecular formula is C20H26N4O2. The first kappa shape index (κ1) is 17.2. The number of hydrogen-bond donors (Lipinski definition) is 0. The molecule has 26 heavy (non-hydrogen) atoms. The van der Waals surface area contributed by atoms with Crippen LogP contribution in [0.5, 0.6) is 0 Å². The van der Waals surface area contributed by atoms with Gasteiger partial charge < -0.3 is 9.42 Å². The summed E-state index contributed by atoms with van der Waals surface area (Å²) >= 11 is 0. The van der Waals surface area contributed by atoms with E-state index in [0.29, 0.717) is 30.6 Å². The second-order valence-electron chi connectivity index (χ2n) is 7.49. The Balaban J connectivity index is 1.54. The van der Waals surface area contributed by atoms with Crippen LogP contribution >= 0.6 is 0 Å². The van der Waals surface area contributed by atoms with Crippen molar-refractivity contribution in [3.05, 3.63) is 47.6 Å². The molecule has 2 fully saturated rings. The molecule has 1 saturated heterocycles. The third-order valence-corrected chi connectivity index (χ3v) is 5.28. The summed E-state index contributed by atoms with van der Waals surface area (Å²) in [4.78, 5) is 21.5. The Kier molecular flexibility index (Phi) is 5.02. The molecule has 1 aromatic heterocycles. The van der Waals surface area contributed by atoms with Gasteiger partial charge in [-0.15, -0.1) is 0 Å². The van der Waals surface area contributed by atoms with E-state index in [4.69, 9.17) is 4.52 Å². The van der Waals surface area contributed by atoms with Crippen molar-refractivity contribution in [2.75, 3.05) is 19.6 Å². The zero-order valence-corrected chi connectivity index (χ0v) is 15.3. The lowest BCUT2D eigenvalue weighted by molar-refractivity contribution is -0.132. The third kappa shape index (κ3) is 4.12. The van der Waals surface area contributed by atoms with E-state index in [1.807, 2.05) is 17.9 Å². The maximum atomic E-state index is 12.7. The largest absolute Gasteiger partial charge is 0.341 e. The summed E-state index contributed by atoms with van der Waals surface area (Å²) in [6.45, 7) is 4.99. The number of amides is 1. The fourth-order valence-corrected chi connectivity index (χ4v) is 3.65. The highest BCUT2D eigenvalue weighted by atomic mass is 16.5. The molecule has 1 aliphatic heterocycles. The lowest BCUT2D eigenvalue weighted by Crippen LogP contribution is -2.37. The van der Waals surface area contributed by atoms with E-state index >= 15 is 0 Å². The molecule has 2 aromatic rings. The molecule has 0 bridgehead atoms. The van der Waals surface area contributed by atoms with Crippen molar-refractivity contribution in [2.45, 2.75) is 45.2 Å². The number of carbonyl (C=O) groups excluding carboxylic acids is 1. The van der Waals surface area contributed by atoms with Gasteiger partial charge >= 0.3 is 0 Å². The highest BCUT2D eigenvalue weighted by Crippen LogP contribution is 2.34. The molecule has 4 rings (SSSR count). The van der Waals surface area contributed by atoms with Gasteiger partial charge in [-0.2, -0.15) is 4.98 Å². The molecule has 0 radical (unpaired) electrons.